The zero-order valence-electron chi connectivity index (χ0n) is 18.2. The Bertz CT molecular complexity index is 927. The first-order chi connectivity index (χ1) is 14.9. The number of hydrogen-bond acceptors (Lipinski definition) is 4. The monoisotopic (exact) mass is 423 g/mol. The largest absolute Gasteiger partial charge is 0.465 e. The number of nitrogens with one attached hydrogen (secondary N) is 1. The number of furan rings is 1. The van der Waals surface area contributed by atoms with E-state index in [1.807, 2.05) is 27.0 Å². The van der Waals surface area contributed by atoms with Gasteiger partial charge in [-0.3, -0.25) is 14.4 Å². The van der Waals surface area contributed by atoms with E-state index in [1.54, 1.807) is 46.2 Å². The Balaban J connectivity index is 1.71. The van der Waals surface area contributed by atoms with Crippen LogP contribution in [0, 0.1) is 5.92 Å². The molecule has 1 N–H and O–H groups in total. The Labute approximate surface area is 182 Å². The maximum Gasteiger partial charge on any atom is 0.270 e. The molecule has 0 radical (unpaired) electrons. The summed E-state index contributed by atoms with van der Waals surface area (Å²) in [6, 6.07) is 12.3. The average Bonchev–Trinajstić information content (AvgIpc) is 3.31. The van der Waals surface area contributed by atoms with Crippen molar-refractivity contribution in [1.29, 1.82) is 0 Å². The molecule has 0 bridgehead atoms. The lowest BCUT2D eigenvalue weighted by Gasteiger charge is -2.34. The number of piperidine rings is 1. The smallest absolute Gasteiger partial charge is 0.270 e. The molecule has 0 saturated carbocycles. The molecule has 3 amide bonds. The maximum atomic E-state index is 13.2. The molecule has 1 saturated heterocycles. The summed E-state index contributed by atoms with van der Waals surface area (Å²) in [5.74, 6) is -0.154. The predicted molar refractivity (Wildman–Crippen MR) is 118 cm³/mol. The number of amides is 3. The van der Waals surface area contributed by atoms with Crippen LogP contribution >= 0.6 is 0 Å². The predicted octanol–water partition coefficient (Wildman–Crippen LogP) is 3.16. The van der Waals surface area contributed by atoms with Crippen LogP contribution in [0.3, 0.4) is 0 Å². The lowest BCUT2D eigenvalue weighted by Crippen LogP contribution is -2.46. The third-order valence-corrected chi connectivity index (χ3v) is 5.60. The van der Waals surface area contributed by atoms with Crippen molar-refractivity contribution in [2.75, 3.05) is 20.1 Å². The number of hydrogen-bond donors (Lipinski definition) is 1. The van der Waals surface area contributed by atoms with Crippen molar-refractivity contribution in [1.82, 2.24) is 15.1 Å². The van der Waals surface area contributed by atoms with Crippen molar-refractivity contribution in [2.24, 2.45) is 5.92 Å². The molecule has 2 heterocycles. The topological polar surface area (TPSA) is 82.9 Å². The number of carbonyl (C=O) groups is 3. The van der Waals surface area contributed by atoms with Gasteiger partial charge in [0.2, 0.25) is 5.91 Å². The van der Waals surface area contributed by atoms with Gasteiger partial charge in [-0.25, -0.2) is 0 Å². The van der Waals surface area contributed by atoms with Crippen LogP contribution in [-0.4, -0.2) is 53.7 Å². The van der Waals surface area contributed by atoms with Crippen LogP contribution in [-0.2, 0) is 9.59 Å². The van der Waals surface area contributed by atoms with E-state index in [-0.39, 0.29) is 35.4 Å². The van der Waals surface area contributed by atoms with Gasteiger partial charge in [0.15, 0.2) is 0 Å². The molecule has 3 rings (SSSR count). The Kier molecular flexibility index (Phi) is 7.28. The van der Waals surface area contributed by atoms with Gasteiger partial charge in [0.1, 0.15) is 11.5 Å². The first-order valence-corrected chi connectivity index (χ1v) is 10.5. The molecular weight excluding hydrogens is 394 g/mol. The molecule has 7 heteroatoms. The van der Waals surface area contributed by atoms with E-state index < -0.39 is 0 Å². The fourth-order valence-electron chi connectivity index (χ4n) is 3.49. The second kappa shape index (κ2) is 10.1. The first-order valence-electron chi connectivity index (χ1n) is 10.5. The molecule has 7 nitrogen and oxygen atoms in total. The summed E-state index contributed by atoms with van der Waals surface area (Å²) in [7, 11) is 1.81. The molecule has 31 heavy (non-hydrogen) atoms. The van der Waals surface area contributed by atoms with Gasteiger partial charge in [0, 0.05) is 43.7 Å². The minimum atomic E-state index is -0.365. The van der Waals surface area contributed by atoms with E-state index in [9.17, 15) is 14.4 Å². The number of carbonyl (C=O) groups excluding carboxylic acids is 3. The summed E-state index contributed by atoms with van der Waals surface area (Å²) in [6.07, 6.45) is 4.24. The standard InChI is InChI=1S/C24H29N3O4/c1-17(2)26(3)23(29)19-11-13-27(14-12-19)24(30)21(16-20-10-7-15-31-20)25-22(28)18-8-5-4-6-9-18/h4-10,15-17,19H,11-14H2,1-3H3,(H,25,28). The van der Waals surface area contributed by atoms with Crippen LogP contribution in [0.5, 0.6) is 0 Å². The van der Waals surface area contributed by atoms with Crippen molar-refractivity contribution in [3.63, 3.8) is 0 Å². The molecule has 1 aromatic heterocycles. The van der Waals surface area contributed by atoms with Crippen molar-refractivity contribution in [3.05, 3.63) is 65.7 Å². The van der Waals surface area contributed by atoms with E-state index in [0.29, 0.717) is 37.3 Å². The van der Waals surface area contributed by atoms with Crippen molar-refractivity contribution < 1.29 is 18.8 Å². The van der Waals surface area contributed by atoms with Gasteiger partial charge < -0.3 is 19.5 Å². The van der Waals surface area contributed by atoms with Gasteiger partial charge in [-0.05, 0) is 51.0 Å². The Morgan fingerprint density at radius 3 is 2.35 bits per heavy atom. The zero-order valence-corrected chi connectivity index (χ0v) is 18.2. The molecule has 1 aromatic carbocycles. The molecule has 0 aliphatic carbocycles. The Morgan fingerprint density at radius 1 is 1.10 bits per heavy atom. The van der Waals surface area contributed by atoms with E-state index in [1.165, 1.54) is 12.3 Å². The van der Waals surface area contributed by atoms with Crippen LogP contribution in [0.15, 0.2) is 58.8 Å². The molecule has 1 aliphatic rings. The van der Waals surface area contributed by atoms with E-state index >= 15 is 0 Å². The van der Waals surface area contributed by atoms with Gasteiger partial charge >= 0.3 is 0 Å². The molecule has 0 unspecified atom stereocenters. The number of benzene rings is 1. The molecule has 0 spiro atoms. The summed E-state index contributed by atoms with van der Waals surface area (Å²) >= 11 is 0. The third kappa shape index (κ3) is 5.63. The van der Waals surface area contributed by atoms with E-state index in [0.717, 1.165) is 0 Å². The average molecular weight is 424 g/mol. The molecule has 1 aliphatic heterocycles. The van der Waals surface area contributed by atoms with Gasteiger partial charge in [0.25, 0.3) is 11.8 Å². The summed E-state index contributed by atoms with van der Waals surface area (Å²) in [4.78, 5) is 41.9. The van der Waals surface area contributed by atoms with Gasteiger partial charge in [-0.15, -0.1) is 0 Å². The maximum absolute atomic E-state index is 13.2. The van der Waals surface area contributed by atoms with E-state index in [4.69, 9.17) is 4.42 Å². The Hall–Kier alpha value is -3.35. The van der Waals surface area contributed by atoms with Crippen molar-refractivity contribution in [2.45, 2.75) is 32.7 Å². The minimum absolute atomic E-state index is 0.0899. The number of rotatable bonds is 6. The third-order valence-electron chi connectivity index (χ3n) is 5.60. The van der Waals surface area contributed by atoms with Crippen LogP contribution in [0.25, 0.3) is 6.08 Å². The Morgan fingerprint density at radius 2 is 1.77 bits per heavy atom. The SMILES string of the molecule is CC(C)N(C)C(=O)C1CCN(C(=O)C(=Cc2ccco2)NC(=O)c2ccccc2)CC1. The highest BCUT2D eigenvalue weighted by Crippen LogP contribution is 2.22. The first kappa shape index (κ1) is 22.3. The number of nitrogens with zero attached hydrogens (tertiary/aromatic N) is 2. The molecular formula is C24H29N3O4. The lowest BCUT2D eigenvalue weighted by molar-refractivity contribution is -0.139. The molecule has 1 fully saturated rings. The summed E-state index contributed by atoms with van der Waals surface area (Å²) in [6.45, 7) is 4.88. The summed E-state index contributed by atoms with van der Waals surface area (Å²) in [5, 5.41) is 2.73. The molecule has 0 atom stereocenters. The van der Waals surface area contributed by atoms with Crippen LogP contribution in [0.2, 0.25) is 0 Å². The second-order valence-corrected chi connectivity index (χ2v) is 8.00. The van der Waals surface area contributed by atoms with Gasteiger partial charge in [0.05, 0.1) is 6.26 Å². The van der Waals surface area contributed by atoms with Gasteiger partial charge in [-0.2, -0.15) is 0 Å². The number of likely N-dealkylation sites (tertiary alicyclic amines) is 1. The lowest BCUT2D eigenvalue weighted by atomic mass is 9.94. The van der Waals surface area contributed by atoms with Crippen molar-refractivity contribution in [3.8, 4) is 0 Å². The highest BCUT2D eigenvalue weighted by atomic mass is 16.3. The zero-order chi connectivity index (χ0) is 22.4. The van der Waals surface area contributed by atoms with Crippen molar-refractivity contribution >= 4 is 23.8 Å². The second-order valence-electron chi connectivity index (χ2n) is 8.00. The van der Waals surface area contributed by atoms with E-state index in [2.05, 4.69) is 5.32 Å². The summed E-state index contributed by atoms with van der Waals surface area (Å²) in [5.41, 5.74) is 0.606. The van der Waals surface area contributed by atoms with Crippen LogP contribution in [0.1, 0.15) is 42.8 Å². The molecule has 164 valence electrons. The normalized spacial score (nSPS) is 15.1. The van der Waals surface area contributed by atoms with Crippen LogP contribution in [0.4, 0.5) is 0 Å². The van der Waals surface area contributed by atoms with Gasteiger partial charge in [-0.1, -0.05) is 18.2 Å². The fourth-order valence-corrected chi connectivity index (χ4v) is 3.49. The fraction of sp³-hybridized carbons (Fsp3) is 0.375. The highest BCUT2D eigenvalue weighted by Gasteiger charge is 2.31. The quantitative estimate of drug-likeness (QED) is 0.724. The highest BCUT2D eigenvalue weighted by molar-refractivity contribution is 6.05. The molecule has 2 aromatic rings. The minimum Gasteiger partial charge on any atom is -0.465 e. The van der Waals surface area contributed by atoms with Crippen LogP contribution < -0.4 is 5.32 Å². The summed E-state index contributed by atoms with van der Waals surface area (Å²) < 4.78 is 5.34.